The van der Waals surface area contributed by atoms with Gasteiger partial charge in [-0.1, -0.05) is 23.2 Å². The van der Waals surface area contributed by atoms with E-state index >= 15 is 0 Å². The van der Waals surface area contributed by atoms with E-state index in [1.807, 2.05) is 25.1 Å². The highest BCUT2D eigenvalue weighted by molar-refractivity contribution is 7.21. The van der Waals surface area contributed by atoms with Crippen molar-refractivity contribution >= 4 is 50.4 Å². The van der Waals surface area contributed by atoms with Gasteiger partial charge in [0.05, 0.1) is 38.1 Å². The Morgan fingerprint density at radius 2 is 1.95 bits per heavy atom. The molecule has 3 nitrogen and oxygen atoms in total. The van der Waals surface area contributed by atoms with Crippen molar-refractivity contribution in [2.75, 3.05) is 12.3 Å². The monoisotopic (exact) mass is 338 g/mol. The van der Waals surface area contributed by atoms with Crippen LogP contribution < -0.4 is 10.5 Å². The lowest BCUT2D eigenvalue weighted by atomic mass is 10.2. The summed E-state index contributed by atoms with van der Waals surface area (Å²) in [7, 11) is 0. The Morgan fingerprint density at radius 1 is 1.19 bits per heavy atom. The fraction of sp³-hybridized carbons (Fsp3) is 0.133. The number of anilines is 1. The van der Waals surface area contributed by atoms with Crippen LogP contribution in [-0.2, 0) is 0 Å². The highest BCUT2D eigenvalue weighted by Gasteiger charge is 2.15. The van der Waals surface area contributed by atoms with Gasteiger partial charge >= 0.3 is 0 Å². The Labute approximate surface area is 136 Å². The first kappa shape index (κ1) is 14.4. The molecule has 0 aliphatic heterocycles. The van der Waals surface area contributed by atoms with Gasteiger partial charge < -0.3 is 10.5 Å². The second kappa shape index (κ2) is 5.72. The summed E-state index contributed by atoms with van der Waals surface area (Å²) in [6.45, 7) is 2.58. The first-order valence-electron chi connectivity index (χ1n) is 6.37. The van der Waals surface area contributed by atoms with Crippen LogP contribution in [0.5, 0.6) is 5.75 Å². The van der Waals surface area contributed by atoms with Gasteiger partial charge in [0.25, 0.3) is 0 Å². The number of nitrogen functional groups attached to an aromatic ring is 1. The number of benzene rings is 2. The second-order valence-electron chi connectivity index (χ2n) is 4.40. The summed E-state index contributed by atoms with van der Waals surface area (Å²) in [5.41, 5.74) is 8.06. The molecule has 0 amide bonds. The number of nitrogens with two attached hydrogens (primary N) is 1. The molecule has 108 valence electrons. The SMILES string of the molecule is CCOc1ccc2nc(-c3c(Cl)ccc(Cl)c3N)sc2c1. The smallest absolute Gasteiger partial charge is 0.128 e. The Kier molecular flexibility index (Phi) is 3.93. The van der Waals surface area contributed by atoms with E-state index < -0.39 is 0 Å². The van der Waals surface area contributed by atoms with Crippen LogP contribution in [0.25, 0.3) is 20.8 Å². The van der Waals surface area contributed by atoms with Gasteiger partial charge in [-0.2, -0.15) is 0 Å². The van der Waals surface area contributed by atoms with Crippen molar-refractivity contribution in [1.82, 2.24) is 4.98 Å². The second-order valence-corrected chi connectivity index (χ2v) is 6.24. The van der Waals surface area contributed by atoms with Gasteiger partial charge in [0.2, 0.25) is 0 Å². The lowest BCUT2D eigenvalue weighted by Gasteiger charge is -2.06. The van der Waals surface area contributed by atoms with Crippen molar-refractivity contribution in [3.63, 3.8) is 0 Å². The zero-order valence-corrected chi connectivity index (χ0v) is 13.5. The average molecular weight is 339 g/mol. The van der Waals surface area contributed by atoms with E-state index in [-0.39, 0.29) is 0 Å². The molecule has 0 radical (unpaired) electrons. The zero-order chi connectivity index (χ0) is 15.0. The Bertz CT molecular complexity index is 817. The molecule has 0 bridgehead atoms. The number of thiazole rings is 1. The predicted octanol–water partition coefficient (Wildman–Crippen LogP) is 5.25. The van der Waals surface area contributed by atoms with Crippen molar-refractivity contribution in [3.05, 3.63) is 40.4 Å². The first-order valence-corrected chi connectivity index (χ1v) is 7.94. The fourth-order valence-electron chi connectivity index (χ4n) is 2.05. The fourth-order valence-corrected chi connectivity index (χ4v) is 3.59. The molecule has 0 aliphatic carbocycles. The Balaban J connectivity index is 2.15. The minimum Gasteiger partial charge on any atom is -0.494 e. The van der Waals surface area contributed by atoms with E-state index in [9.17, 15) is 0 Å². The molecular formula is C15H12Cl2N2OS. The van der Waals surface area contributed by atoms with Gasteiger partial charge in [-0.3, -0.25) is 0 Å². The van der Waals surface area contributed by atoms with Crippen LogP contribution in [-0.4, -0.2) is 11.6 Å². The van der Waals surface area contributed by atoms with E-state index in [1.165, 1.54) is 11.3 Å². The highest BCUT2D eigenvalue weighted by Crippen LogP contribution is 2.41. The predicted molar refractivity (Wildman–Crippen MR) is 90.7 cm³/mol. The van der Waals surface area contributed by atoms with Gasteiger partial charge in [-0.15, -0.1) is 11.3 Å². The minimum absolute atomic E-state index is 0.452. The van der Waals surface area contributed by atoms with Crippen LogP contribution in [0, 0.1) is 0 Å². The third-order valence-corrected chi connectivity index (χ3v) is 4.71. The van der Waals surface area contributed by atoms with Gasteiger partial charge in [0.1, 0.15) is 10.8 Å². The quantitative estimate of drug-likeness (QED) is 0.663. The molecule has 6 heteroatoms. The van der Waals surface area contributed by atoms with E-state index in [0.717, 1.165) is 21.0 Å². The van der Waals surface area contributed by atoms with Crippen LogP contribution in [0.1, 0.15) is 6.92 Å². The molecule has 1 aromatic heterocycles. The Hall–Kier alpha value is -1.49. The molecule has 3 aromatic rings. The zero-order valence-electron chi connectivity index (χ0n) is 11.2. The van der Waals surface area contributed by atoms with E-state index in [0.29, 0.717) is 27.9 Å². The van der Waals surface area contributed by atoms with Crippen molar-refractivity contribution in [2.24, 2.45) is 0 Å². The Morgan fingerprint density at radius 3 is 2.71 bits per heavy atom. The molecule has 3 rings (SSSR count). The first-order chi connectivity index (χ1) is 10.1. The van der Waals surface area contributed by atoms with E-state index in [1.54, 1.807) is 12.1 Å². The van der Waals surface area contributed by atoms with Gasteiger partial charge in [-0.25, -0.2) is 4.98 Å². The number of halogens is 2. The summed E-state index contributed by atoms with van der Waals surface area (Å²) in [5.74, 6) is 0.824. The number of rotatable bonds is 3. The number of fused-ring (bicyclic) bond motifs is 1. The van der Waals surface area contributed by atoms with Crippen LogP contribution in [0.4, 0.5) is 5.69 Å². The molecule has 0 saturated carbocycles. The van der Waals surface area contributed by atoms with Gasteiger partial charge in [-0.05, 0) is 37.3 Å². The number of hydrogen-bond donors (Lipinski definition) is 1. The molecule has 0 aliphatic rings. The summed E-state index contributed by atoms with van der Waals surface area (Å²) < 4.78 is 6.52. The molecule has 0 unspecified atom stereocenters. The maximum atomic E-state index is 6.25. The third kappa shape index (κ3) is 2.67. The summed E-state index contributed by atoms with van der Waals surface area (Å²) >= 11 is 13.8. The minimum atomic E-state index is 0.452. The van der Waals surface area contributed by atoms with Crippen LogP contribution in [0.2, 0.25) is 10.0 Å². The van der Waals surface area contributed by atoms with Crippen LogP contribution in [0.3, 0.4) is 0 Å². The average Bonchev–Trinajstić information content (AvgIpc) is 2.86. The molecule has 21 heavy (non-hydrogen) atoms. The number of nitrogens with zero attached hydrogens (tertiary/aromatic N) is 1. The topological polar surface area (TPSA) is 48.1 Å². The number of hydrogen-bond acceptors (Lipinski definition) is 4. The number of aromatic nitrogens is 1. The molecule has 2 N–H and O–H groups in total. The standard InChI is InChI=1S/C15H12Cl2N2OS/c1-2-20-8-3-6-11-12(7-8)21-15(19-11)13-9(16)4-5-10(17)14(13)18/h3-7H,2,18H2,1H3. The molecule has 1 heterocycles. The third-order valence-electron chi connectivity index (χ3n) is 3.03. The summed E-state index contributed by atoms with van der Waals surface area (Å²) in [5, 5.41) is 1.77. The maximum Gasteiger partial charge on any atom is 0.128 e. The van der Waals surface area contributed by atoms with Crippen molar-refractivity contribution in [2.45, 2.75) is 6.92 Å². The van der Waals surface area contributed by atoms with E-state index in [2.05, 4.69) is 4.98 Å². The maximum absolute atomic E-state index is 6.25. The lowest BCUT2D eigenvalue weighted by molar-refractivity contribution is 0.341. The van der Waals surface area contributed by atoms with Crippen LogP contribution in [0.15, 0.2) is 30.3 Å². The summed E-state index contributed by atoms with van der Waals surface area (Å²) in [4.78, 5) is 4.59. The summed E-state index contributed by atoms with van der Waals surface area (Å²) in [6, 6.07) is 9.21. The van der Waals surface area contributed by atoms with E-state index in [4.69, 9.17) is 33.7 Å². The lowest BCUT2D eigenvalue weighted by Crippen LogP contribution is -1.92. The molecule has 0 saturated heterocycles. The van der Waals surface area contributed by atoms with Gasteiger partial charge in [0, 0.05) is 0 Å². The normalized spacial score (nSPS) is 11.0. The molecule has 0 spiro atoms. The van der Waals surface area contributed by atoms with Crippen molar-refractivity contribution in [1.29, 1.82) is 0 Å². The molecule has 2 aromatic carbocycles. The largest absolute Gasteiger partial charge is 0.494 e. The number of ether oxygens (including phenoxy) is 1. The molecule has 0 atom stereocenters. The highest BCUT2D eigenvalue weighted by atomic mass is 35.5. The van der Waals surface area contributed by atoms with Gasteiger partial charge in [0.15, 0.2) is 0 Å². The van der Waals surface area contributed by atoms with Crippen molar-refractivity contribution < 1.29 is 4.74 Å². The summed E-state index contributed by atoms with van der Waals surface area (Å²) in [6.07, 6.45) is 0. The van der Waals surface area contributed by atoms with Crippen molar-refractivity contribution in [3.8, 4) is 16.3 Å². The van der Waals surface area contributed by atoms with Crippen LogP contribution >= 0.6 is 34.5 Å². The molecular weight excluding hydrogens is 327 g/mol. The molecule has 0 fully saturated rings.